The number of aromatic carboxylic acids is 1. The maximum atomic E-state index is 11.1. The van der Waals surface area contributed by atoms with Gasteiger partial charge in [0.15, 0.2) is 5.69 Å². The van der Waals surface area contributed by atoms with Crippen LogP contribution in [0.3, 0.4) is 0 Å². The second kappa shape index (κ2) is 8.69. The van der Waals surface area contributed by atoms with Crippen LogP contribution in [0.1, 0.15) is 36.2 Å². The Morgan fingerprint density at radius 3 is 2.58 bits per heavy atom. The molecule has 0 amide bonds. The maximum absolute atomic E-state index is 11.1. The zero-order chi connectivity index (χ0) is 15.7. The van der Waals surface area contributed by atoms with Crippen molar-refractivity contribution in [3.8, 4) is 0 Å². The number of nitrogens with one attached hydrogen (secondary N) is 1. The van der Waals surface area contributed by atoms with Crippen molar-refractivity contribution in [3.05, 3.63) is 18.2 Å². The van der Waals surface area contributed by atoms with Gasteiger partial charge in [-0.05, 0) is 50.0 Å². The van der Waals surface area contributed by atoms with Crippen LogP contribution in [0.15, 0.2) is 12.5 Å². The van der Waals surface area contributed by atoms with Gasteiger partial charge >= 0.3 is 11.9 Å². The molecule has 136 valence electrons. The molecule has 0 bridgehead atoms. The van der Waals surface area contributed by atoms with Gasteiger partial charge in [0.25, 0.3) is 0 Å². The second-order valence-corrected chi connectivity index (χ2v) is 6.49. The Hall–Kier alpha value is -1.31. The fourth-order valence-electron chi connectivity index (χ4n) is 3.88. The van der Waals surface area contributed by atoms with E-state index in [1.807, 2.05) is 4.57 Å². The van der Waals surface area contributed by atoms with Gasteiger partial charge < -0.3 is 20.1 Å². The monoisotopic (exact) mass is 379 g/mol. The van der Waals surface area contributed by atoms with Gasteiger partial charge in [0, 0.05) is 12.7 Å². The van der Waals surface area contributed by atoms with Gasteiger partial charge in [-0.15, -0.1) is 24.8 Å². The smallest absolute Gasteiger partial charge is 0.356 e. The molecule has 3 rings (SSSR count). The van der Waals surface area contributed by atoms with Gasteiger partial charge in [0.05, 0.1) is 6.33 Å². The first-order valence-corrected chi connectivity index (χ1v) is 7.74. The quantitative estimate of drug-likeness (QED) is 0.737. The van der Waals surface area contributed by atoms with Crippen molar-refractivity contribution in [2.45, 2.75) is 38.3 Å². The second-order valence-electron chi connectivity index (χ2n) is 6.49. The van der Waals surface area contributed by atoms with Crippen LogP contribution in [0.5, 0.6) is 0 Å². The summed E-state index contributed by atoms with van der Waals surface area (Å²) in [6.07, 6.45) is 7.04. The zero-order valence-electron chi connectivity index (χ0n) is 13.1. The Bertz CT molecular complexity index is 581. The van der Waals surface area contributed by atoms with Gasteiger partial charge in [-0.3, -0.25) is 4.79 Å². The topological polar surface area (TPSA) is 104 Å². The fourth-order valence-corrected chi connectivity index (χ4v) is 3.88. The number of fused-ring (bicyclic) bond motifs is 1. The standard InChI is InChI=1S/C15H21N3O4.2ClH/c19-14(20)12-4-11-3-9(1-2-10(11)5-16-12)6-18-7-13(15(21)22)17-8-18;;/h7-12,16H,1-6H2,(H,19,20)(H,21,22);2*1H/t9-,10-,11+,12-;;/m0../s1. The minimum atomic E-state index is -1.01. The van der Waals surface area contributed by atoms with Crippen molar-refractivity contribution >= 4 is 36.8 Å². The number of carboxylic acids is 2. The summed E-state index contributed by atoms with van der Waals surface area (Å²) < 4.78 is 1.84. The predicted molar refractivity (Wildman–Crippen MR) is 92.0 cm³/mol. The molecular formula is C15H23Cl2N3O4. The van der Waals surface area contributed by atoms with Crippen LogP contribution in [0.25, 0.3) is 0 Å². The summed E-state index contributed by atoms with van der Waals surface area (Å²) in [5, 5.41) is 21.2. The molecule has 0 unspecified atom stereocenters. The van der Waals surface area contributed by atoms with Gasteiger partial charge in [-0.1, -0.05) is 0 Å². The van der Waals surface area contributed by atoms with Crippen LogP contribution in [0.2, 0.25) is 0 Å². The van der Waals surface area contributed by atoms with Crippen molar-refractivity contribution in [2.75, 3.05) is 6.54 Å². The number of imidazole rings is 1. The summed E-state index contributed by atoms with van der Waals surface area (Å²) in [5.41, 5.74) is 0.0708. The van der Waals surface area contributed by atoms with Gasteiger partial charge in [0.2, 0.25) is 0 Å². The molecule has 24 heavy (non-hydrogen) atoms. The van der Waals surface area contributed by atoms with Crippen molar-refractivity contribution in [1.82, 2.24) is 14.9 Å². The Balaban J connectivity index is 0.00000144. The molecule has 2 fully saturated rings. The fraction of sp³-hybridized carbons (Fsp3) is 0.667. The first kappa shape index (κ1) is 20.7. The lowest BCUT2D eigenvalue weighted by atomic mass is 9.69. The van der Waals surface area contributed by atoms with E-state index in [1.54, 1.807) is 12.5 Å². The third-order valence-electron chi connectivity index (χ3n) is 5.03. The van der Waals surface area contributed by atoms with Gasteiger partial charge in [-0.2, -0.15) is 0 Å². The number of hydrogen-bond donors (Lipinski definition) is 3. The highest BCUT2D eigenvalue weighted by atomic mass is 35.5. The number of nitrogens with zero attached hydrogens (tertiary/aromatic N) is 2. The molecule has 1 aliphatic heterocycles. The number of carbonyl (C=O) groups is 2. The highest BCUT2D eigenvalue weighted by molar-refractivity contribution is 5.85. The molecule has 1 saturated heterocycles. The molecule has 3 N–H and O–H groups in total. The molecule has 1 saturated carbocycles. The summed E-state index contributed by atoms with van der Waals surface area (Å²) in [4.78, 5) is 25.9. The van der Waals surface area contributed by atoms with Crippen LogP contribution < -0.4 is 5.32 Å². The van der Waals surface area contributed by atoms with Crippen LogP contribution >= 0.6 is 24.8 Å². The Morgan fingerprint density at radius 1 is 1.21 bits per heavy atom. The zero-order valence-corrected chi connectivity index (χ0v) is 14.8. The first-order chi connectivity index (χ1) is 10.5. The first-order valence-electron chi connectivity index (χ1n) is 7.74. The predicted octanol–water partition coefficient (Wildman–Crippen LogP) is 1.90. The molecule has 1 aromatic rings. The number of carboxylic acid groups (broad SMARTS) is 2. The van der Waals surface area contributed by atoms with Crippen molar-refractivity contribution in [1.29, 1.82) is 0 Å². The van der Waals surface area contributed by atoms with E-state index >= 15 is 0 Å². The van der Waals surface area contributed by atoms with E-state index in [4.69, 9.17) is 10.2 Å². The van der Waals surface area contributed by atoms with Crippen molar-refractivity contribution in [3.63, 3.8) is 0 Å². The molecule has 1 aliphatic carbocycles. The normalized spacial score (nSPS) is 28.8. The average molecular weight is 380 g/mol. The van der Waals surface area contributed by atoms with E-state index in [-0.39, 0.29) is 30.5 Å². The number of rotatable bonds is 4. The molecule has 0 aromatic carbocycles. The van der Waals surface area contributed by atoms with Crippen LogP contribution in [0.4, 0.5) is 0 Å². The van der Waals surface area contributed by atoms with Crippen LogP contribution in [-0.2, 0) is 11.3 Å². The Kier molecular flexibility index (Phi) is 7.51. The summed E-state index contributed by atoms with van der Waals surface area (Å²) >= 11 is 0. The van der Waals surface area contributed by atoms with Crippen LogP contribution in [-0.4, -0.2) is 44.3 Å². The number of aromatic nitrogens is 2. The Labute approximate surface area is 152 Å². The molecule has 0 spiro atoms. The third-order valence-corrected chi connectivity index (χ3v) is 5.03. The molecule has 4 atom stereocenters. The van der Waals surface area contributed by atoms with Crippen molar-refractivity contribution < 1.29 is 19.8 Å². The van der Waals surface area contributed by atoms with E-state index in [9.17, 15) is 9.59 Å². The average Bonchev–Trinajstić information content (AvgIpc) is 2.95. The Morgan fingerprint density at radius 2 is 1.96 bits per heavy atom. The molecule has 2 heterocycles. The maximum Gasteiger partial charge on any atom is 0.356 e. The number of aliphatic carboxylic acids is 1. The third kappa shape index (κ3) is 4.62. The van der Waals surface area contributed by atoms with Gasteiger partial charge in [0.1, 0.15) is 6.04 Å². The van der Waals surface area contributed by atoms with E-state index in [0.29, 0.717) is 24.2 Å². The highest BCUT2D eigenvalue weighted by Gasteiger charge is 2.37. The van der Waals surface area contributed by atoms with Gasteiger partial charge in [-0.25, -0.2) is 9.78 Å². The minimum absolute atomic E-state index is 0. The largest absolute Gasteiger partial charge is 0.480 e. The molecular weight excluding hydrogens is 357 g/mol. The highest BCUT2D eigenvalue weighted by Crippen LogP contribution is 2.39. The lowest BCUT2D eigenvalue weighted by Gasteiger charge is -2.41. The van der Waals surface area contributed by atoms with Crippen molar-refractivity contribution in [2.24, 2.45) is 17.8 Å². The van der Waals surface area contributed by atoms with E-state index < -0.39 is 18.0 Å². The number of halogens is 2. The molecule has 7 nitrogen and oxygen atoms in total. The molecule has 9 heteroatoms. The summed E-state index contributed by atoms with van der Waals surface area (Å²) in [7, 11) is 0. The van der Waals surface area contributed by atoms with Crippen LogP contribution in [0, 0.1) is 17.8 Å². The summed E-state index contributed by atoms with van der Waals surface area (Å²) in [6.45, 7) is 1.55. The minimum Gasteiger partial charge on any atom is -0.480 e. The number of piperidine rings is 1. The number of hydrogen-bond acceptors (Lipinski definition) is 4. The SMILES string of the molecule is Cl.Cl.O=C(O)c1cn(C[C@H]2CC[C@H]3CN[C@H](C(=O)O)C[C@H]3C2)cn1. The van der Waals surface area contributed by atoms with E-state index in [2.05, 4.69) is 10.3 Å². The molecule has 1 aromatic heterocycles. The summed E-state index contributed by atoms with van der Waals surface area (Å²) in [6, 6.07) is -0.424. The molecule has 2 aliphatic rings. The van der Waals surface area contributed by atoms with E-state index in [0.717, 1.165) is 32.4 Å². The lowest BCUT2D eigenvalue weighted by Crippen LogP contribution is -2.49. The molecule has 0 radical (unpaired) electrons. The summed E-state index contributed by atoms with van der Waals surface area (Å²) in [5.74, 6) is -0.288. The van der Waals surface area contributed by atoms with E-state index in [1.165, 1.54) is 0 Å². The lowest BCUT2D eigenvalue weighted by molar-refractivity contribution is -0.141.